The fourth-order valence-electron chi connectivity index (χ4n) is 3.68. The van der Waals surface area contributed by atoms with Gasteiger partial charge in [-0.25, -0.2) is 0 Å². The van der Waals surface area contributed by atoms with Crippen LogP contribution >= 0.6 is 0 Å². The number of nitrogens with zero attached hydrogens (tertiary/aromatic N) is 1. The fraction of sp³-hybridized carbons (Fsp3) is 0.227. The second kappa shape index (κ2) is 6.86. The summed E-state index contributed by atoms with van der Waals surface area (Å²) in [5.74, 6) is 0.586. The Labute approximate surface area is 160 Å². The molecule has 0 aliphatic carbocycles. The third kappa shape index (κ3) is 3.19. The van der Waals surface area contributed by atoms with Gasteiger partial charge in [-0.3, -0.25) is 4.79 Å². The van der Waals surface area contributed by atoms with Crippen molar-refractivity contribution < 1.29 is 22.4 Å². The van der Waals surface area contributed by atoms with Crippen LogP contribution in [0.4, 0.5) is 18.9 Å². The summed E-state index contributed by atoms with van der Waals surface area (Å²) < 4.78 is 44.6. The number of anilines is 1. The third-order valence-corrected chi connectivity index (χ3v) is 5.02. The molecule has 0 saturated carbocycles. The van der Waals surface area contributed by atoms with Gasteiger partial charge in [0.2, 0.25) is 5.91 Å². The molecule has 1 amide bonds. The second-order valence-electron chi connectivity index (χ2n) is 6.74. The third-order valence-electron chi connectivity index (χ3n) is 5.02. The van der Waals surface area contributed by atoms with Crippen LogP contribution in [0.25, 0.3) is 11.3 Å². The first-order valence-corrected chi connectivity index (χ1v) is 9.05. The van der Waals surface area contributed by atoms with Crippen LogP contribution in [0.15, 0.2) is 65.1 Å². The predicted molar refractivity (Wildman–Crippen MR) is 100 cm³/mol. The van der Waals surface area contributed by atoms with Crippen molar-refractivity contribution in [3.05, 3.63) is 77.6 Å². The van der Waals surface area contributed by atoms with E-state index in [1.807, 2.05) is 31.2 Å². The lowest BCUT2D eigenvalue weighted by atomic mass is 9.96. The molecule has 4 rings (SSSR count). The van der Waals surface area contributed by atoms with E-state index in [1.165, 1.54) is 6.07 Å². The summed E-state index contributed by atoms with van der Waals surface area (Å²) in [7, 11) is 0. The molecule has 0 unspecified atom stereocenters. The zero-order valence-corrected chi connectivity index (χ0v) is 15.2. The van der Waals surface area contributed by atoms with Crippen LogP contribution in [0.5, 0.6) is 0 Å². The van der Waals surface area contributed by atoms with Gasteiger partial charge in [-0.15, -0.1) is 0 Å². The molecular weight excluding hydrogens is 367 g/mol. The maximum absolute atomic E-state index is 12.9. The minimum atomic E-state index is -4.41. The Kier molecular flexibility index (Phi) is 4.49. The Morgan fingerprint density at radius 1 is 1.04 bits per heavy atom. The van der Waals surface area contributed by atoms with Crippen LogP contribution in [0.1, 0.15) is 29.7 Å². The van der Waals surface area contributed by atoms with Crippen molar-refractivity contribution in [1.29, 1.82) is 0 Å². The van der Waals surface area contributed by atoms with Crippen LogP contribution < -0.4 is 4.90 Å². The molecule has 2 heterocycles. The van der Waals surface area contributed by atoms with Crippen molar-refractivity contribution >= 4 is 11.6 Å². The largest absolute Gasteiger partial charge is 0.461 e. The lowest BCUT2D eigenvalue weighted by Gasteiger charge is -2.14. The van der Waals surface area contributed by atoms with Crippen LogP contribution in [0.3, 0.4) is 0 Å². The highest BCUT2D eigenvalue weighted by atomic mass is 19.4. The number of halogens is 3. The Morgan fingerprint density at radius 3 is 2.57 bits per heavy atom. The molecule has 3 aromatic rings. The molecule has 144 valence electrons. The first-order chi connectivity index (χ1) is 13.4. The van der Waals surface area contributed by atoms with Gasteiger partial charge in [0.05, 0.1) is 11.5 Å². The smallest absolute Gasteiger partial charge is 0.416 e. The summed E-state index contributed by atoms with van der Waals surface area (Å²) >= 11 is 0. The van der Waals surface area contributed by atoms with Crippen molar-refractivity contribution in [2.24, 2.45) is 0 Å². The highest BCUT2D eigenvalue weighted by molar-refractivity contribution is 6.05. The highest BCUT2D eigenvalue weighted by Gasteiger charge is 2.36. The molecule has 1 atom stereocenters. The van der Waals surface area contributed by atoms with E-state index in [0.29, 0.717) is 30.0 Å². The van der Waals surface area contributed by atoms with Crippen molar-refractivity contribution in [1.82, 2.24) is 0 Å². The van der Waals surface area contributed by atoms with Crippen molar-refractivity contribution in [3.8, 4) is 11.3 Å². The minimum absolute atomic E-state index is 0.0146. The molecule has 0 spiro atoms. The number of carbonyl (C=O) groups excluding carboxylic acids is 1. The van der Waals surface area contributed by atoms with E-state index >= 15 is 0 Å². The number of benzene rings is 2. The van der Waals surface area contributed by atoms with E-state index in [0.717, 1.165) is 23.4 Å². The number of hydrogen-bond acceptors (Lipinski definition) is 2. The summed E-state index contributed by atoms with van der Waals surface area (Å²) in [5, 5.41) is 0. The zero-order chi connectivity index (χ0) is 19.9. The Hall–Kier alpha value is -3.02. The first kappa shape index (κ1) is 18.3. The van der Waals surface area contributed by atoms with Crippen molar-refractivity contribution in [2.45, 2.75) is 25.4 Å². The number of rotatable bonds is 4. The maximum atomic E-state index is 12.9. The average molecular weight is 385 g/mol. The lowest BCUT2D eigenvalue weighted by molar-refractivity contribution is -0.137. The van der Waals surface area contributed by atoms with Gasteiger partial charge in [-0.2, -0.15) is 13.2 Å². The van der Waals surface area contributed by atoms with E-state index in [1.54, 1.807) is 23.1 Å². The molecule has 0 bridgehead atoms. The summed E-state index contributed by atoms with van der Waals surface area (Å²) in [4.78, 5) is 14.5. The molecule has 0 N–H and O–H groups in total. The highest BCUT2D eigenvalue weighted by Crippen LogP contribution is 2.39. The summed E-state index contributed by atoms with van der Waals surface area (Å²) in [6.45, 7) is 2.51. The molecule has 0 saturated heterocycles. The average Bonchev–Trinajstić information content (AvgIpc) is 3.25. The van der Waals surface area contributed by atoms with Crippen LogP contribution in [-0.4, -0.2) is 12.5 Å². The molecular formula is C22H18F3NO2. The fourth-order valence-corrected chi connectivity index (χ4v) is 3.68. The molecule has 1 aliphatic rings. The Bertz CT molecular complexity index is 1020. The van der Waals surface area contributed by atoms with Gasteiger partial charge < -0.3 is 9.32 Å². The van der Waals surface area contributed by atoms with E-state index in [9.17, 15) is 18.0 Å². The van der Waals surface area contributed by atoms with Gasteiger partial charge in [0.25, 0.3) is 0 Å². The number of likely N-dealkylation sites (N-methyl/N-ethyl adjacent to an activating group) is 1. The summed E-state index contributed by atoms with van der Waals surface area (Å²) in [5.41, 5.74) is 1.49. The van der Waals surface area contributed by atoms with E-state index in [4.69, 9.17) is 4.42 Å². The second-order valence-corrected chi connectivity index (χ2v) is 6.74. The molecule has 3 nitrogen and oxygen atoms in total. The topological polar surface area (TPSA) is 33.5 Å². The first-order valence-electron chi connectivity index (χ1n) is 9.05. The van der Waals surface area contributed by atoms with Crippen molar-refractivity contribution in [2.75, 3.05) is 11.4 Å². The van der Waals surface area contributed by atoms with Gasteiger partial charge in [-0.1, -0.05) is 30.3 Å². The summed E-state index contributed by atoms with van der Waals surface area (Å²) in [6, 6.07) is 16.1. The quantitative estimate of drug-likeness (QED) is 0.581. The number of carbonyl (C=O) groups is 1. The number of furan rings is 1. The van der Waals surface area contributed by atoms with Crippen LogP contribution in [-0.2, 0) is 17.4 Å². The van der Waals surface area contributed by atoms with Crippen LogP contribution in [0, 0.1) is 0 Å². The molecule has 0 radical (unpaired) electrons. The van der Waals surface area contributed by atoms with Crippen molar-refractivity contribution in [3.63, 3.8) is 0 Å². The Morgan fingerprint density at radius 2 is 1.82 bits per heavy atom. The van der Waals surface area contributed by atoms with Gasteiger partial charge in [0, 0.05) is 24.2 Å². The number of hydrogen-bond donors (Lipinski definition) is 0. The monoisotopic (exact) mass is 385 g/mol. The molecule has 0 fully saturated rings. The Balaban J connectivity index is 1.61. The molecule has 28 heavy (non-hydrogen) atoms. The molecule has 1 aliphatic heterocycles. The van der Waals surface area contributed by atoms with Gasteiger partial charge in [0.1, 0.15) is 11.5 Å². The van der Waals surface area contributed by atoms with Gasteiger partial charge in [0.15, 0.2) is 0 Å². The zero-order valence-electron chi connectivity index (χ0n) is 15.2. The number of para-hydroxylation sites is 1. The molecule has 6 heteroatoms. The minimum Gasteiger partial charge on any atom is -0.461 e. The maximum Gasteiger partial charge on any atom is 0.416 e. The number of fused-ring (bicyclic) bond motifs is 1. The standard InChI is InChI=1S/C22H18F3NO2/c1-2-26-19-9-4-3-8-17(19)18(21(26)27)13-16-10-11-20(28-16)14-6-5-7-15(12-14)22(23,24)25/h3-12,18H,2,13H2,1H3/t18-/m0/s1. The van der Waals surface area contributed by atoms with E-state index < -0.39 is 11.7 Å². The van der Waals surface area contributed by atoms with E-state index in [-0.39, 0.29) is 11.8 Å². The molecule has 1 aromatic heterocycles. The predicted octanol–water partition coefficient (Wildman–Crippen LogP) is 5.66. The summed E-state index contributed by atoms with van der Waals surface area (Å²) in [6.07, 6.45) is -4.04. The normalized spacial score (nSPS) is 16.5. The molecule has 2 aromatic carbocycles. The number of amides is 1. The van der Waals surface area contributed by atoms with Crippen LogP contribution in [0.2, 0.25) is 0 Å². The van der Waals surface area contributed by atoms with Gasteiger partial charge >= 0.3 is 6.18 Å². The lowest BCUT2D eigenvalue weighted by Crippen LogP contribution is -2.28. The van der Waals surface area contributed by atoms with E-state index in [2.05, 4.69) is 0 Å². The SMILES string of the molecule is CCN1C(=O)[C@@H](Cc2ccc(-c3cccc(C(F)(F)F)c3)o2)c2ccccc21. The number of alkyl halides is 3. The van der Waals surface area contributed by atoms with Gasteiger partial charge in [-0.05, 0) is 42.8 Å².